The number of nitrogens with zero attached hydrogens (tertiary/aromatic N) is 2. The van der Waals surface area contributed by atoms with Crippen LogP contribution in [-0.2, 0) is 9.59 Å². The monoisotopic (exact) mass is 294 g/mol. The highest BCUT2D eigenvalue weighted by Crippen LogP contribution is 2.22. The molecule has 1 aliphatic heterocycles. The zero-order valence-electron chi connectivity index (χ0n) is 11.2. The largest absolute Gasteiger partial charge is 0.368 e. The van der Waals surface area contributed by atoms with E-state index >= 15 is 0 Å². The Morgan fingerprint density at radius 3 is 2.67 bits per heavy atom. The molecule has 8 heteroatoms. The van der Waals surface area contributed by atoms with Gasteiger partial charge >= 0.3 is 6.03 Å². The lowest BCUT2D eigenvalue weighted by Gasteiger charge is -2.18. The molecule has 4 amide bonds. The first-order valence-corrected chi connectivity index (χ1v) is 6.35. The Bertz CT molecular complexity index is 578. The van der Waals surface area contributed by atoms with Crippen LogP contribution in [0.2, 0.25) is 0 Å². The molecule has 1 aromatic carbocycles. The molecule has 7 nitrogen and oxygen atoms in total. The molecule has 0 aromatic heterocycles. The van der Waals surface area contributed by atoms with Gasteiger partial charge in [-0.25, -0.2) is 9.18 Å². The molecule has 3 N–H and O–H groups in total. The smallest absolute Gasteiger partial charge is 0.325 e. The second-order valence-electron chi connectivity index (χ2n) is 4.55. The average Bonchev–Trinajstić information content (AvgIpc) is 2.79. The van der Waals surface area contributed by atoms with E-state index in [0.29, 0.717) is 13.1 Å². The van der Waals surface area contributed by atoms with E-state index in [2.05, 4.69) is 5.32 Å². The predicted molar refractivity (Wildman–Crippen MR) is 72.9 cm³/mol. The second-order valence-corrected chi connectivity index (χ2v) is 4.55. The maximum Gasteiger partial charge on any atom is 0.325 e. The summed E-state index contributed by atoms with van der Waals surface area (Å²) in [5.74, 6) is -1.65. The summed E-state index contributed by atoms with van der Waals surface area (Å²) < 4.78 is 13.7. The van der Waals surface area contributed by atoms with Crippen molar-refractivity contribution in [2.24, 2.45) is 5.73 Å². The number of primary amides is 1. The molecule has 21 heavy (non-hydrogen) atoms. The van der Waals surface area contributed by atoms with E-state index in [4.69, 9.17) is 5.73 Å². The number of rotatable bonds is 5. The van der Waals surface area contributed by atoms with E-state index in [0.717, 1.165) is 0 Å². The lowest BCUT2D eigenvalue weighted by atomic mass is 10.3. The van der Waals surface area contributed by atoms with Crippen molar-refractivity contribution in [2.75, 3.05) is 31.1 Å². The van der Waals surface area contributed by atoms with Gasteiger partial charge in [0.15, 0.2) is 0 Å². The molecular weight excluding hydrogens is 279 g/mol. The van der Waals surface area contributed by atoms with Crippen LogP contribution in [0.4, 0.5) is 14.9 Å². The van der Waals surface area contributed by atoms with Crippen LogP contribution in [0.25, 0.3) is 0 Å². The Balaban J connectivity index is 1.97. The normalized spacial score (nSPS) is 14.4. The second kappa shape index (κ2) is 6.21. The number of nitrogens with one attached hydrogen (secondary N) is 1. The van der Waals surface area contributed by atoms with Crippen LogP contribution >= 0.6 is 0 Å². The van der Waals surface area contributed by atoms with E-state index in [1.165, 1.54) is 28.0 Å². The third-order valence-electron chi connectivity index (χ3n) is 3.03. The van der Waals surface area contributed by atoms with Crippen molar-refractivity contribution in [1.29, 1.82) is 0 Å². The highest BCUT2D eigenvalue weighted by atomic mass is 19.1. The molecule has 1 saturated heterocycles. The SMILES string of the molecule is NC(=O)CNC(=O)CN1CCN(c2ccccc2F)C1=O. The molecule has 112 valence electrons. The number of benzene rings is 1. The molecule has 1 fully saturated rings. The average molecular weight is 294 g/mol. The lowest BCUT2D eigenvalue weighted by Crippen LogP contribution is -2.42. The van der Waals surface area contributed by atoms with Gasteiger partial charge in [-0.2, -0.15) is 0 Å². The minimum absolute atomic E-state index is 0.183. The molecule has 0 spiro atoms. The number of halogens is 1. The first kappa shape index (κ1) is 14.8. The first-order valence-electron chi connectivity index (χ1n) is 6.35. The number of hydrogen-bond donors (Lipinski definition) is 2. The van der Waals surface area contributed by atoms with Crippen LogP contribution in [0.5, 0.6) is 0 Å². The van der Waals surface area contributed by atoms with Crippen molar-refractivity contribution >= 4 is 23.5 Å². The number of anilines is 1. The topological polar surface area (TPSA) is 95.7 Å². The van der Waals surface area contributed by atoms with E-state index in [1.807, 2.05) is 0 Å². The number of amides is 4. The van der Waals surface area contributed by atoms with Crippen LogP contribution in [0.1, 0.15) is 0 Å². The molecule has 0 bridgehead atoms. The van der Waals surface area contributed by atoms with Crippen molar-refractivity contribution < 1.29 is 18.8 Å². The van der Waals surface area contributed by atoms with Crippen molar-refractivity contribution in [3.63, 3.8) is 0 Å². The fourth-order valence-electron chi connectivity index (χ4n) is 2.04. The van der Waals surface area contributed by atoms with Gasteiger partial charge in [-0.15, -0.1) is 0 Å². The highest BCUT2D eigenvalue weighted by molar-refractivity contribution is 5.96. The molecule has 0 radical (unpaired) electrons. The minimum Gasteiger partial charge on any atom is -0.368 e. The lowest BCUT2D eigenvalue weighted by molar-refractivity contribution is -0.125. The Kier molecular flexibility index (Phi) is 4.36. The van der Waals surface area contributed by atoms with Crippen LogP contribution in [0.3, 0.4) is 0 Å². The number of carbonyl (C=O) groups is 3. The van der Waals surface area contributed by atoms with Crippen molar-refractivity contribution in [1.82, 2.24) is 10.2 Å². The zero-order chi connectivity index (χ0) is 15.4. The van der Waals surface area contributed by atoms with E-state index in [1.54, 1.807) is 6.07 Å². The van der Waals surface area contributed by atoms with Gasteiger partial charge in [0.25, 0.3) is 0 Å². The molecule has 0 atom stereocenters. The summed E-state index contributed by atoms with van der Waals surface area (Å²) in [4.78, 5) is 36.8. The van der Waals surface area contributed by atoms with Crippen LogP contribution in [0.15, 0.2) is 24.3 Å². The first-order chi connectivity index (χ1) is 9.99. The van der Waals surface area contributed by atoms with E-state index in [9.17, 15) is 18.8 Å². The quantitative estimate of drug-likeness (QED) is 0.778. The summed E-state index contributed by atoms with van der Waals surface area (Å²) in [6.45, 7) is 0.120. The van der Waals surface area contributed by atoms with Gasteiger partial charge in [0.2, 0.25) is 11.8 Å². The molecule has 1 heterocycles. The fraction of sp³-hybridized carbons (Fsp3) is 0.308. The summed E-state index contributed by atoms with van der Waals surface area (Å²) >= 11 is 0. The van der Waals surface area contributed by atoms with Gasteiger partial charge < -0.3 is 16.0 Å². The number of para-hydroxylation sites is 1. The molecule has 0 aliphatic carbocycles. The van der Waals surface area contributed by atoms with Crippen molar-refractivity contribution in [3.8, 4) is 0 Å². The third-order valence-corrected chi connectivity index (χ3v) is 3.03. The van der Waals surface area contributed by atoms with Gasteiger partial charge in [-0.1, -0.05) is 12.1 Å². The van der Waals surface area contributed by atoms with Crippen LogP contribution in [-0.4, -0.2) is 48.9 Å². The Morgan fingerprint density at radius 1 is 1.29 bits per heavy atom. The number of carbonyl (C=O) groups excluding carboxylic acids is 3. The summed E-state index contributed by atoms with van der Waals surface area (Å²) in [6.07, 6.45) is 0. The maximum absolute atomic E-state index is 13.7. The Hall–Kier alpha value is -2.64. The van der Waals surface area contributed by atoms with Gasteiger partial charge in [-0.3, -0.25) is 14.5 Å². The van der Waals surface area contributed by atoms with Gasteiger partial charge in [0, 0.05) is 13.1 Å². The molecule has 0 saturated carbocycles. The molecule has 1 aromatic rings. The molecule has 2 rings (SSSR count). The van der Waals surface area contributed by atoms with E-state index < -0.39 is 23.7 Å². The third kappa shape index (κ3) is 3.47. The summed E-state index contributed by atoms with van der Waals surface area (Å²) in [6, 6.07) is 5.49. The maximum atomic E-state index is 13.7. The zero-order valence-corrected chi connectivity index (χ0v) is 11.2. The predicted octanol–water partition coefficient (Wildman–Crippen LogP) is -0.331. The van der Waals surface area contributed by atoms with Gasteiger partial charge in [0.1, 0.15) is 12.4 Å². The summed E-state index contributed by atoms with van der Waals surface area (Å²) in [5, 5.41) is 2.30. The Morgan fingerprint density at radius 2 is 2.00 bits per heavy atom. The number of urea groups is 1. The molecule has 1 aliphatic rings. The summed E-state index contributed by atoms with van der Waals surface area (Å²) in [5.41, 5.74) is 5.09. The fourth-order valence-corrected chi connectivity index (χ4v) is 2.04. The summed E-state index contributed by atoms with van der Waals surface area (Å²) in [7, 11) is 0. The van der Waals surface area contributed by atoms with Gasteiger partial charge in [0.05, 0.1) is 12.2 Å². The molecule has 0 unspecified atom stereocenters. The van der Waals surface area contributed by atoms with Crippen LogP contribution < -0.4 is 16.0 Å². The van der Waals surface area contributed by atoms with Gasteiger partial charge in [-0.05, 0) is 12.1 Å². The minimum atomic E-state index is -0.663. The Labute approximate surface area is 120 Å². The number of hydrogen-bond acceptors (Lipinski definition) is 3. The van der Waals surface area contributed by atoms with Crippen molar-refractivity contribution in [2.45, 2.75) is 0 Å². The number of nitrogens with two attached hydrogens (primary N) is 1. The molecular formula is C13H15FN4O3. The van der Waals surface area contributed by atoms with E-state index in [-0.39, 0.29) is 18.8 Å². The highest BCUT2D eigenvalue weighted by Gasteiger charge is 2.32. The van der Waals surface area contributed by atoms with Crippen molar-refractivity contribution in [3.05, 3.63) is 30.1 Å². The standard InChI is InChI=1S/C13H15FN4O3/c14-9-3-1-2-4-10(9)18-6-5-17(13(18)21)8-12(20)16-7-11(15)19/h1-4H,5-8H2,(H2,15,19)(H,16,20). The van der Waals surface area contributed by atoms with Crippen LogP contribution in [0, 0.1) is 5.82 Å².